The molecule has 1 N–H and O–H groups in total. The fourth-order valence-corrected chi connectivity index (χ4v) is 5.08. The number of benzene rings is 2. The number of pyridine rings is 1. The molecule has 2 aromatic heterocycles. The molecule has 192 valence electrons. The van der Waals surface area contributed by atoms with Crippen LogP contribution >= 0.6 is 11.8 Å². The molecule has 12 heteroatoms. The van der Waals surface area contributed by atoms with Gasteiger partial charge in [0.1, 0.15) is 10.9 Å². The summed E-state index contributed by atoms with van der Waals surface area (Å²) in [5.41, 5.74) is 0.397. The third kappa shape index (κ3) is 5.26. The Morgan fingerprint density at radius 1 is 1.03 bits per heavy atom. The van der Waals surface area contributed by atoms with Crippen LogP contribution in [0.1, 0.15) is 23.3 Å². The van der Waals surface area contributed by atoms with Crippen LogP contribution in [0, 0.1) is 18.6 Å². The molecule has 0 aliphatic carbocycles. The quantitative estimate of drug-likeness (QED) is 0.165. The van der Waals surface area contributed by atoms with Crippen molar-refractivity contribution in [3.8, 4) is 22.9 Å². The van der Waals surface area contributed by atoms with Crippen molar-refractivity contribution in [3.63, 3.8) is 0 Å². The van der Waals surface area contributed by atoms with Gasteiger partial charge >= 0.3 is 0 Å². The van der Waals surface area contributed by atoms with Gasteiger partial charge in [0.05, 0.1) is 11.3 Å². The summed E-state index contributed by atoms with van der Waals surface area (Å²) in [5.74, 6) is -3.65. The van der Waals surface area contributed by atoms with Gasteiger partial charge in [0.2, 0.25) is 11.7 Å². The molecule has 0 spiro atoms. The SMILES string of the molecule is CSc1nccc(-c2cccnc2Oc2c(C)cc(N(O)S(=O)(=O)C(C)c3ccccc3)c(F)c2F)n1. The molecule has 8 nitrogen and oxygen atoms in total. The zero-order chi connectivity index (χ0) is 26.7. The first-order valence-electron chi connectivity index (χ1n) is 10.9. The first-order valence-corrected chi connectivity index (χ1v) is 13.6. The van der Waals surface area contributed by atoms with Crippen molar-refractivity contribution >= 4 is 27.5 Å². The lowest BCUT2D eigenvalue weighted by atomic mass is 10.1. The van der Waals surface area contributed by atoms with E-state index < -0.39 is 38.3 Å². The lowest BCUT2D eigenvalue weighted by Gasteiger charge is -2.23. The molecule has 1 unspecified atom stereocenters. The molecule has 0 amide bonds. The zero-order valence-corrected chi connectivity index (χ0v) is 21.6. The number of anilines is 1. The van der Waals surface area contributed by atoms with E-state index in [4.69, 9.17) is 4.74 Å². The van der Waals surface area contributed by atoms with E-state index in [1.807, 2.05) is 6.26 Å². The minimum atomic E-state index is -4.51. The fourth-order valence-electron chi connectivity index (χ4n) is 3.52. The number of aromatic nitrogens is 3. The largest absolute Gasteiger partial charge is 0.435 e. The van der Waals surface area contributed by atoms with Gasteiger partial charge in [-0.2, -0.15) is 4.39 Å². The van der Waals surface area contributed by atoms with Crippen LogP contribution in [0.25, 0.3) is 11.3 Å². The van der Waals surface area contributed by atoms with E-state index >= 15 is 8.78 Å². The fraction of sp³-hybridized carbons (Fsp3) is 0.160. The van der Waals surface area contributed by atoms with Gasteiger partial charge in [0.15, 0.2) is 16.7 Å². The molecule has 0 radical (unpaired) electrons. The highest BCUT2D eigenvalue weighted by Gasteiger charge is 2.33. The molecule has 0 saturated carbocycles. The maximum absolute atomic E-state index is 15.2. The predicted molar refractivity (Wildman–Crippen MR) is 136 cm³/mol. The molecule has 0 bridgehead atoms. The van der Waals surface area contributed by atoms with Gasteiger partial charge in [0.25, 0.3) is 10.0 Å². The van der Waals surface area contributed by atoms with Gasteiger partial charge in [-0.25, -0.2) is 27.8 Å². The predicted octanol–water partition coefficient (Wildman–Crippen LogP) is 5.93. The van der Waals surface area contributed by atoms with Gasteiger partial charge in [-0.15, -0.1) is 4.47 Å². The van der Waals surface area contributed by atoms with E-state index in [0.29, 0.717) is 22.0 Å². The molecular weight excluding hydrogens is 522 g/mol. The van der Waals surface area contributed by atoms with Crippen LogP contribution in [0.2, 0.25) is 0 Å². The maximum Gasteiger partial charge on any atom is 0.264 e. The van der Waals surface area contributed by atoms with E-state index in [2.05, 4.69) is 15.0 Å². The van der Waals surface area contributed by atoms with Crippen molar-refractivity contribution in [2.75, 3.05) is 10.7 Å². The molecule has 0 aliphatic rings. The number of rotatable bonds is 8. The van der Waals surface area contributed by atoms with Crippen LogP contribution in [-0.2, 0) is 10.0 Å². The number of thioether (sulfide) groups is 1. The Hall–Kier alpha value is -3.61. The summed E-state index contributed by atoms with van der Waals surface area (Å²) in [7, 11) is -4.51. The normalized spacial score (nSPS) is 12.3. The Kier molecular flexibility index (Phi) is 7.71. The van der Waals surface area contributed by atoms with Crippen LogP contribution < -0.4 is 9.21 Å². The molecule has 4 rings (SSSR count). The summed E-state index contributed by atoms with van der Waals surface area (Å²) in [6.45, 7) is 2.73. The Morgan fingerprint density at radius 2 is 1.76 bits per heavy atom. The lowest BCUT2D eigenvalue weighted by molar-refractivity contribution is 0.307. The highest BCUT2D eigenvalue weighted by molar-refractivity contribution is 7.98. The summed E-state index contributed by atoms with van der Waals surface area (Å²) < 4.78 is 61.8. The number of nitrogens with zero attached hydrogens (tertiary/aromatic N) is 4. The second-order valence-corrected chi connectivity index (χ2v) is 10.8. The molecule has 2 aromatic carbocycles. The van der Waals surface area contributed by atoms with Crippen LogP contribution in [0.5, 0.6) is 11.6 Å². The van der Waals surface area contributed by atoms with Gasteiger partial charge in [-0.1, -0.05) is 42.1 Å². The maximum atomic E-state index is 15.2. The van der Waals surface area contributed by atoms with Crippen molar-refractivity contribution in [2.45, 2.75) is 24.3 Å². The molecule has 37 heavy (non-hydrogen) atoms. The molecule has 0 saturated heterocycles. The molecule has 0 fully saturated rings. The first kappa shape index (κ1) is 26.5. The average Bonchev–Trinajstić information content (AvgIpc) is 2.92. The minimum Gasteiger partial charge on any atom is -0.435 e. The number of hydrogen-bond acceptors (Lipinski definition) is 8. The van der Waals surface area contributed by atoms with Crippen LogP contribution in [0.3, 0.4) is 0 Å². The van der Waals surface area contributed by atoms with Gasteiger partial charge < -0.3 is 4.74 Å². The third-order valence-electron chi connectivity index (χ3n) is 5.55. The van der Waals surface area contributed by atoms with E-state index in [9.17, 15) is 13.6 Å². The highest BCUT2D eigenvalue weighted by atomic mass is 32.2. The number of sulfonamides is 1. The van der Waals surface area contributed by atoms with E-state index in [1.54, 1.807) is 54.7 Å². The van der Waals surface area contributed by atoms with Crippen LogP contribution in [0.15, 0.2) is 72.1 Å². The molecule has 1 atom stereocenters. The second kappa shape index (κ2) is 10.8. The van der Waals surface area contributed by atoms with Crippen molar-refractivity contribution in [3.05, 3.63) is 89.8 Å². The Labute approximate surface area is 217 Å². The van der Waals surface area contributed by atoms with E-state index in [-0.39, 0.29) is 15.9 Å². The summed E-state index contributed by atoms with van der Waals surface area (Å²) in [6.07, 6.45) is 4.78. The Balaban J connectivity index is 1.71. The van der Waals surface area contributed by atoms with Gasteiger partial charge in [-0.3, -0.25) is 5.21 Å². The average molecular weight is 545 g/mol. The number of aryl methyl sites for hydroxylation is 1. The van der Waals surface area contributed by atoms with Gasteiger partial charge in [0, 0.05) is 12.4 Å². The standard InChI is InChI=1S/C25H22F2N4O4S2/c1-15-14-20(31(32)37(33,34)16(2)17-8-5-4-6-9-17)21(26)22(27)23(15)35-24-18(10-7-12-28-24)19-11-13-29-25(30-19)36-3/h4-14,16,32H,1-3H3. The van der Waals surface area contributed by atoms with Gasteiger partial charge in [-0.05, 0) is 55.5 Å². The highest BCUT2D eigenvalue weighted by Crippen LogP contribution is 2.39. The van der Waals surface area contributed by atoms with Crippen molar-refractivity contribution < 1.29 is 27.1 Å². The smallest absolute Gasteiger partial charge is 0.264 e. The topological polar surface area (TPSA) is 106 Å². The molecule has 0 aliphatic heterocycles. The number of halogens is 2. The molecular formula is C25H22F2N4O4S2. The summed E-state index contributed by atoms with van der Waals surface area (Å²) >= 11 is 1.33. The summed E-state index contributed by atoms with van der Waals surface area (Å²) in [5, 5.41) is 9.77. The lowest BCUT2D eigenvalue weighted by Crippen LogP contribution is -2.32. The van der Waals surface area contributed by atoms with Crippen molar-refractivity contribution in [1.82, 2.24) is 15.0 Å². The van der Waals surface area contributed by atoms with Crippen LogP contribution in [-0.4, -0.2) is 34.8 Å². The van der Waals surface area contributed by atoms with Crippen molar-refractivity contribution in [2.24, 2.45) is 0 Å². The third-order valence-corrected chi connectivity index (χ3v) is 7.96. The van der Waals surface area contributed by atoms with Crippen LogP contribution in [0.4, 0.5) is 14.5 Å². The molecule has 4 aromatic rings. The van der Waals surface area contributed by atoms with Crippen molar-refractivity contribution in [1.29, 1.82) is 0 Å². The second-order valence-electron chi connectivity index (χ2n) is 7.90. The Morgan fingerprint density at radius 3 is 2.46 bits per heavy atom. The zero-order valence-electron chi connectivity index (χ0n) is 20.0. The summed E-state index contributed by atoms with van der Waals surface area (Å²) in [4.78, 5) is 12.6. The number of hydrogen-bond donors (Lipinski definition) is 1. The van der Waals surface area contributed by atoms with E-state index in [1.165, 1.54) is 31.8 Å². The summed E-state index contributed by atoms with van der Waals surface area (Å²) in [6, 6.07) is 14.0. The van der Waals surface area contributed by atoms with E-state index in [0.717, 1.165) is 6.07 Å². The first-order chi connectivity index (χ1) is 17.6. The monoisotopic (exact) mass is 544 g/mol. The Bertz CT molecular complexity index is 1540. The minimum absolute atomic E-state index is 0.0274. The number of ether oxygens (including phenoxy) is 1. The molecule has 2 heterocycles.